The average Bonchev–Trinajstić information content (AvgIpc) is 1.95. The molecule has 4 nitrogen and oxygen atoms in total. The van der Waals surface area contributed by atoms with Crippen molar-refractivity contribution in [2.24, 2.45) is 5.73 Å². The van der Waals surface area contributed by atoms with E-state index in [4.69, 9.17) is 10.5 Å². The second kappa shape index (κ2) is 3.40. The number of methoxy groups -OCH3 is 1. The van der Waals surface area contributed by atoms with Crippen molar-refractivity contribution in [3.63, 3.8) is 0 Å². The van der Waals surface area contributed by atoms with E-state index in [0.717, 1.165) is 12.5 Å². The smallest absolute Gasteiger partial charge is 0.132 e. The Hall–Kier alpha value is -0.01000. The van der Waals surface area contributed by atoms with Crippen LogP contribution in [-0.4, -0.2) is 23.1 Å². The van der Waals surface area contributed by atoms with Crippen LogP contribution >= 0.6 is 22.9 Å². The molecule has 1 aliphatic rings. The SMILES string of the molecule is COC1C=C(N)N(I)CN1. The summed E-state index contributed by atoms with van der Waals surface area (Å²) in [7, 11) is 1.64. The summed E-state index contributed by atoms with van der Waals surface area (Å²) in [4.78, 5) is 0. The quantitative estimate of drug-likeness (QED) is 0.510. The third-order valence-corrected chi connectivity index (χ3v) is 2.19. The molecule has 0 fully saturated rings. The van der Waals surface area contributed by atoms with E-state index < -0.39 is 0 Å². The van der Waals surface area contributed by atoms with Gasteiger partial charge in [-0.05, 0) is 6.08 Å². The van der Waals surface area contributed by atoms with E-state index in [0.29, 0.717) is 0 Å². The molecule has 1 heterocycles. The number of nitrogens with one attached hydrogen (secondary N) is 1. The van der Waals surface area contributed by atoms with Gasteiger partial charge in [-0.2, -0.15) is 0 Å². The Balaban J connectivity index is 2.56. The summed E-state index contributed by atoms with van der Waals surface area (Å²) in [6.45, 7) is 0.724. The lowest BCUT2D eigenvalue weighted by Crippen LogP contribution is -2.42. The van der Waals surface area contributed by atoms with Gasteiger partial charge in [-0.3, -0.25) is 8.43 Å². The van der Waals surface area contributed by atoms with E-state index in [1.165, 1.54) is 0 Å². The first-order valence-corrected chi connectivity index (χ1v) is 3.87. The van der Waals surface area contributed by atoms with Crippen molar-refractivity contribution in [3.05, 3.63) is 11.9 Å². The van der Waals surface area contributed by atoms with Crippen molar-refractivity contribution in [2.45, 2.75) is 6.23 Å². The Morgan fingerprint density at radius 3 is 3.20 bits per heavy atom. The molecular weight excluding hydrogens is 245 g/mol. The van der Waals surface area contributed by atoms with Crippen LogP contribution in [0.4, 0.5) is 0 Å². The Morgan fingerprint density at radius 1 is 2.00 bits per heavy atom. The second-order valence-electron chi connectivity index (χ2n) is 1.97. The molecule has 1 unspecified atom stereocenters. The molecule has 1 aliphatic heterocycles. The van der Waals surface area contributed by atoms with E-state index in [2.05, 4.69) is 28.2 Å². The normalized spacial score (nSPS) is 26.4. The van der Waals surface area contributed by atoms with Gasteiger partial charge in [0.05, 0.1) is 29.5 Å². The Labute approximate surface area is 73.9 Å². The summed E-state index contributed by atoms with van der Waals surface area (Å²) in [5, 5.41) is 3.09. The molecule has 0 aromatic rings. The summed E-state index contributed by atoms with van der Waals surface area (Å²) in [5.74, 6) is 0.742. The van der Waals surface area contributed by atoms with Crippen LogP contribution in [0.5, 0.6) is 0 Å². The molecule has 5 heteroatoms. The number of nitrogens with zero attached hydrogens (tertiary/aromatic N) is 1. The number of ether oxygens (including phenoxy) is 1. The number of nitrogens with two attached hydrogens (primary N) is 1. The van der Waals surface area contributed by atoms with Crippen LogP contribution in [0, 0.1) is 0 Å². The van der Waals surface area contributed by atoms with E-state index in [1.807, 2.05) is 9.19 Å². The number of hydrogen-bond donors (Lipinski definition) is 2. The zero-order chi connectivity index (χ0) is 7.56. The zero-order valence-corrected chi connectivity index (χ0v) is 7.83. The number of halogens is 1. The molecule has 0 saturated heterocycles. The maximum Gasteiger partial charge on any atom is 0.132 e. The lowest BCUT2D eigenvalue weighted by atomic mass is 10.4. The molecular formula is C5H10IN3O. The molecule has 0 saturated carbocycles. The largest absolute Gasteiger partial charge is 0.385 e. The number of rotatable bonds is 1. The molecule has 0 bridgehead atoms. The minimum atomic E-state index is -0.0361. The fourth-order valence-electron chi connectivity index (χ4n) is 0.708. The predicted octanol–water partition coefficient (Wildman–Crippen LogP) is -0.0283. The van der Waals surface area contributed by atoms with Crippen LogP contribution in [0.1, 0.15) is 0 Å². The molecule has 0 aromatic carbocycles. The van der Waals surface area contributed by atoms with Gasteiger partial charge in [0.15, 0.2) is 0 Å². The highest BCUT2D eigenvalue weighted by Gasteiger charge is 2.13. The maximum atomic E-state index is 5.60. The van der Waals surface area contributed by atoms with Crippen LogP contribution < -0.4 is 11.1 Å². The monoisotopic (exact) mass is 255 g/mol. The summed E-state index contributed by atoms with van der Waals surface area (Å²) in [6, 6.07) is 0. The van der Waals surface area contributed by atoms with Gasteiger partial charge in [0.2, 0.25) is 0 Å². The summed E-state index contributed by atoms with van der Waals surface area (Å²) in [6.07, 6.45) is 1.79. The standard InChI is InChI=1S/C5H10IN3O/c1-10-5-2-4(7)9(6)3-8-5/h2,5,8H,3,7H2,1H3. The molecule has 0 amide bonds. The lowest BCUT2D eigenvalue weighted by Gasteiger charge is -2.26. The van der Waals surface area contributed by atoms with E-state index in [1.54, 1.807) is 7.11 Å². The molecule has 3 N–H and O–H groups in total. The van der Waals surface area contributed by atoms with E-state index in [9.17, 15) is 0 Å². The van der Waals surface area contributed by atoms with Crippen molar-refractivity contribution in [2.75, 3.05) is 13.8 Å². The maximum absolute atomic E-state index is 5.60. The second-order valence-corrected chi connectivity index (χ2v) is 3.14. The fraction of sp³-hybridized carbons (Fsp3) is 0.600. The van der Waals surface area contributed by atoms with Gasteiger partial charge in [0, 0.05) is 7.11 Å². The van der Waals surface area contributed by atoms with Crippen molar-refractivity contribution in [1.82, 2.24) is 8.43 Å². The van der Waals surface area contributed by atoms with Crippen molar-refractivity contribution < 1.29 is 4.74 Å². The zero-order valence-electron chi connectivity index (χ0n) is 5.67. The molecule has 0 radical (unpaired) electrons. The highest BCUT2D eigenvalue weighted by Crippen LogP contribution is 2.09. The van der Waals surface area contributed by atoms with Gasteiger partial charge in [0.25, 0.3) is 0 Å². The highest BCUT2D eigenvalue weighted by molar-refractivity contribution is 14.1. The molecule has 0 aliphatic carbocycles. The first-order chi connectivity index (χ1) is 4.74. The Kier molecular flexibility index (Phi) is 2.75. The van der Waals surface area contributed by atoms with Crippen LogP contribution in [0.2, 0.25) is 0 Å². The molecule has 1 rings (SSSR count). The van der Waals surface area contributed by atoms with Gasteiger partial charge in [0.1, 0.15) is 12.0 Å². The Morgan fingerprint density at radius 2 is 2.70 bits per heavy atom. The third-order valence-electron chi connectivity index (χ3n) is 1.29. The minimum absolute atomic E-state index is 0.0361. The first kappa shape index (κ1) is 8.09. The molecule has 10 heavy (non-hydrogen) atoms. The molecule has 58 valence electrons. The highest BCUT2D eigenvalue weighted by atomic mass is 127. The van der Waals surface area contributed by atoms with Gasteiger partial charge in [-0.25, -0.2) is 0 Å². The fourth-order valence-corrected chi connectivity index (χ4v) is 1.07. The van der Waals surface area contributed by atoms with Crippen LogP contribution in [-0.2, 0) is 4.74 Å². The molecule has 1 atom stereocenters. The lowest BCUT2D eigenvalue weighted by molar-refractivity contribution is 0.0979. The Bertz CT molecular complexity index is 150. The minimum Gasteiger partial charge on any atom is -0.385 e. The van der Waals surface area contributed by atoms with Gasteiger partial charge in [-0.15, -0.1) is 0 Å². The van der Waals surface area contributed by atoms with Crippen LogP contribution in [0.25, 0.3) is 0 Å². The summed E-state index contributed by atoms with van der Waals surface area (Å²) in [5.41, 5.74) is 5.60. The average molecular weight is 255 g/mol. The van der Waals surface area contributed by atoms with Crippen LogP contribution in [0.3, 0.4) is 0 Å². The van der Waals surface area contributed by atoms with Gasteiger partial charge < -0.3 is 10.5 Å². The topological polar surface area (TPSA) is 50.5 Å². The summed E-state index contributed by atoms with van der Waals surface area (Å²) < 4.78 is 6.89. The molecule has 0 spiro atoms. The first-order valence-electron chi connectivity index (χ1n) is 2.91. The summed E-state index contributed by atoms with van der Waals surface area (Å²) >= 11 is 2.13. The van der Waals surface area contributed by atoms with E-state index in [-0.39, 0.29) is 6.23 Å². The molecule has 0 aromatic heterocycles. The van der Waals surface area contributed by atoms with Crippen molar-refractivity contribution in [1.29, 1.82) is 0 Å². The van der Waals surface area contributed by atoms with E-state index >= 15 is 0 Å². The van der Waals surface area contributed by atoms with Gasteiger partial charge >= 0.3 is 0 Å². The third kappa shape index (κ3) is 1.74. The number of hydrogen-bond acceptors (Lipinski definition) is 4. The predicted molar refractivity (Wildman–Crippen MR) is 46.9 cm³/mol. The van der Waals surface area contributed by atoms with Crippen LogP contribution in [0.15, 0.2) is 11.9 Å². The van der Waals surface area contributed by atoms with Gasteiger partial charge in [-0.1, -0.05) is 0 Å². The van der Waals surface area contributed by atoms with Crippen molar-refractivity contribution >= 4 is 22.9 Å². The van der Waals surface area contributed by atoms with Crippen molar-refractivity contribution in [3.8, 4) is 0 Å².